The largest absolute Gasteiger partial charge is 0.496 e. The molecule has 5 heteroatoms. The van der Waals surface area contributed by atoms with E-state index in [0.717, 1.165) is 24.3 Å². The number of allylic oxidation sites excluding steroid dienone is 2. The minimum atomic E-state index is -4.39. The molecule has 0 fully saturated rings. The second kappa shape index (κ2) is 9.18. The van der Waals surface area contributed by atoms with E-state index in [4.69, 9.17) is 4.74 Å². The van der Waals surface area contributed by atoms with Gasteiger partial charge >= 0.3 is 6.18 Å². The Morgan fingerprint density at radius 3 is 2.36 bits per heavy atom. The van der Waals surface area contributed by atoms with Crippen molar-refractivity contribution in [2.45, 2.75) is 33.9 Å². The molecule has 0 aliphatic heterocycles. The minimum Gasteiger partial charge on any atom is -0.496 e. The van der Waals surface area contributed by atoms with Crippen molar-refractivity contribution in [1.82, 2.24) is 5.32 Å². The van der Waals surface area contributed by atoms with Crippen LogP contribution >= 0.6 is 0 Å². The van der Waals surface area contributed by atoms with Crippen molar-refractivity contribution in [2.24, 2.45) is 0 Å². The molecule has 1 rings (SSSR count). The fourth-order valence-electron chi connectivity index (χ4n) is 1.67. The fourth-order valence-corrected chi connectivity index (χ4v) is 1.67. The second-order valence-corrected chi connectivity index (χ2v) is 4.28. The van der Waals surface area contributed by atoms with Gasteiger partial charge in [0.05, 0.1) is 12.7 Å². The summed E-state index contributed by atoms with van der Waals surface area (Å²) in [6.45, 7) is 12.5. The first-order chi connectivity index (χ1) is 10.3. The summed E-state index contributed by atoms with van der Waals surface area (Å²) in [6.07, 6.45) is -2.61. The number of hydrogen-bond donors (Lipinski definition) is 1. The van der Waals surface area contributed by atoms with Crippen molar-refractivity contribution < 1.29 is 17.9 Å². The lowest BCUT2D eigenvalue weighted by Crippen LogP contribution is -2.06. The number of nitrogens with one attached hydrogen (secondary N) is 1. The molecule has 2 nitrogen and oxygen atoms in total. The van der Waals surface area contributed by atoms with Gasteiger partial charge in [-0.3, -0.25) is 0 Å². The molecule has 1 aromatic carbocycles. The van der Waals surface area contributed by atoms with E-state index < -0.39 is 11.7 Å². The van der Waals surface area contributed by atoms with Crippen LogP contribution < -0.4 is 10.1 Å². The highest BCUT2D eigenvalue weighted by Gasteiger charge is 2.31. The van der Waals surface area contributed by atoms with Crippen LogP contribution in [0, 0.1) is 0 Å². The number of benzene rings is 1. The summed E-state index contributed by atoms with van der Waals surface area (Å²) in [7, 11) is 1.34. The number of rotatable bonds is 5. The molecule has 0 heterocycles. The molecule has 0 radical (unpaired) electrons. The number of hydrogen-bond acceptors (Lipinski definition) is 2. The zero-order chi connectivity index (χ0) is 17.3. The van der Waals surface area contributed by atoms with Gasteiger partial charge in [0, 0.05) is 12.1 Å². The Balaban J connectivity index is 0.00000211. The van der Waals surface area contributed by atoms with Crippen LogP contribution in [0.2, 0.25) is 0 Å². The molecule has 1 aromatic rings. The summed E-state index contributed by atoms with van der Waals surface area (Å²) in [5, 5.41) is 3.03. The van der Waals surface area contributed by atoms with Gasteiger partial charge in [0.2, 0.25) is 0 Å². The molecule has 0 atom stereocenters. The van der Waals surface area contributed by atoms with Crippen LogP contribution in [0.4, 0.5) is 13.2 Å². The molecule has 0 bridgehead atoms. The van der Waals surface area contributed by atoms with Gasteiger partial charge in [0.25, 0.3) is 0 Å². The predicted octanol–water partition coefficient (Wildman–Crippen LogP) is 5.27. The molecular weight excluding hydrogens is 291 g/mol. The van der Waals surface area contributed by atoms with E-state index in [-0.39, 0.29) is 5.75 Å². The van der Waals surface area contributed by atoms with Crippen LogP contribution in [-0.2, 0) is 6.18 Å². The third-order valence-electron chi connectivity index (χ3n) is 2.85. The van der Waals surface area contributed by atoms with E-state index in [0.29, 0.717) is 11.1 Å². The van der Waals surface area contributed by atoms with Crippen LogP contribution in [0.5, 0.6) is 5.75 Å². The zero-order valence-corrected chi connectivity index (χ0v) is 13.8. The zero-order valence-electron chi connectivity index (χ0n) is 13.8. The van der Waals surface area contributed by atoms with Crippen LogP contribution in [0.1, 0.15) is 38.8 Å². The number of halogens is 3. The SMILES string of the molecule is C=C(/C(C)=C/NCC)c1ccc(C(F)(F)F)cc1OC.CC. The Labute approximate surface area is 130 Å². The molecule has 0 amide bonds. The highest BCUT2D eigenvalue weighted by Crippen LogP contribution is 2.36. The third kappa shape index (κ3) is 5.47. The molecule has 0 aliphatic rings. The van der Waals surface area contributed by atoms with Crippen molar-refractivity contribution in [1.29, 1.82) is 0 Å². The highest BCUT2D eigenvalue weighted by molar-refractivity contribution is 5.80. The number of alkyl halides is 3. The van der Waals surface area contributed by atoms with Crippen molar-refractivity contribution in [2.75, 3.05) is 13.7 Å². The Hall–Kier alpha value is -1.91. The molecular formula is C17H24F3NO. The third-order valence-corrected chi connectivity index (χ3v) is 2.85. The quantitative estimate of drug-likeness (QED) is 0.748. The molecule has 124 valence electrons. The smallest absolute Gasteiger partial charge is 0.416 e. The standard InChI is InChI=1S/C15H18F3NO.C2H6/c1-5-19-9-10(2)11(3)13-7-6-12(15(16,17)18)8-14(13)20-4;1-2/h6-9,19H,3,5H2,1-2,4H3;1-2H3/b10-9+;. The van der Waals surface area contributed by atoms with Crippen molar-refractivity contribution in [3.05, 3.63) is 47.7 Å². The van der Waals surface area contributed by atoms with E-state index in [1.807, 2.05) is 27.7 Å². The van der Waals surface area contributed by atoms with Gasteiger partial charge in [-0.05, 0) is 43.3 Å². The maximum absolute atomic E-state index is 12.7. The number of ether oxygens (including phenoxy) is 1. The van der Waals surface area contributed by atoms with E-state index in [1.54, 1.807) is 6.20 Å². The van der Waals surface area contributed by atoms with Gasteiger partial charge in [-0.2, -0.15) is 13.2 Å². The van der Waals surface area contributed by atoms with Crippen LogP contribution in [0.3, 0.4) is 0 Å². The van der Waals surface area contributed by atoms with Gasteiger partial charge in [-0.15, -0.1) is 0 Å². The van der Waals surface area contributed by atoms with Gasteiger partial charge in [-0.25, -0.2) is 0 Å². The maximum Gasteiger partial charge on any atom is 0.416 e. The summed E-state index contributed by atoms with van der Waals surface area (Å²) in [5.74, 6) is 0.161. The Morgan fingerprint density at radius 1 is 1.32 bits per heavy atom. The first kappa shape index (κ1) is 20.1. The van der Waals surface area contributed by atoms with Crippen LogP contribution in [0.15, 0.2) is 36.6 Å². The summed E-state index contributed by atoms with van der Waals surface area (Å²) in [5.41, 5.74) is 1.27. The van der Waals surface area contributed by atoms with Gasteiger partial charge in [0.15, 0.2) is 0 Å². The van der Waals surface area contributed by atoms with Gasteiger partial charge in [-0.1, -0.05) is 26.5 Å². The molecule has 0 aliphatic carbocycles. The second-order valence-electron chi connectivity index (χ2n) is 4.28. The lowest BCUT2D eigenvalue weighted by Gasteiger charge is -2.15. The molecule has 0 saturated carbocycles. The maximum atomic E-state index is 12.7. The lowest BCUT2D eigenvalue weighted by molar-refractivity contribution is -0.137. The molecule has 0 unspecified atom stereocenters. The highest BCUT2D eigenvalue weighted by atomic mass is 19.4. The van der Waals surface area contributed by atoms with Gasteiger partial charge in [0.1, 0.15) is 5.75 Å². The van der Waals surface area contributed by atoms with E-state index in [1.165, 1.54) is 13.2 Å². The summed E-state index contributed by atoms with van der Waals surface area (Å²) in [6, 6.07) is 3.40. The Bertz CT molecular complexity index is 519. The molecule has 0 aromatic heterocycles. The molecule has 22 heavy (non-hydrogen) atoms. The molecule has 0 spiro atoms. The van der Waals surface area contributed by atoms with Crippen molar-refractivity contribution in [3.8, 4) is 5.75 Å². The Kier molecular flexibility index (Phi) is 8.38. The lowest BCUT2D eigenvalue weighted by atomic mass is 9.98. The average Bonchev–Trinajstić information content (AvgIpc) is 2.52. The van der Waals surface area contributed by atoms with Gasteiger partial charge < -0.3 is 10.1 Å². The van der Waals surface area contributed by atoms with E-state index in [2.05, 4.69) is 11.9 Å². The number of methoxy groups -OCH3 is 1. The van der Waals surface area contributed by atoms with Crippen molar-refractivity contribution in [3.63, 3.8) is 0 Å². The predicted molar refractivity (Wildman–Crippen MR) is 85.8 cm³/mol. The Morgan fingerprint density at radius 2 is 1.91 bits per heavy atom. The molecule has 1 N–H and O–H groups in total. The monoisotopic (exact) mass is 315 g/mol. The van der Waals surface area contributed by atoms with Crippen LogP contribution in [0.25, 0.3) is 5.57 Å². The fraction of sp³-hybridized carbons (Fsp3) is 0.412. The topological polar surface area (TPSA) is 21.3 Å². The summed E-state index contributed by atoms with van der Waals surface area (Å²) in [4.78, 5) is 0. The first-order valence-corrected chi connectivity index (χ1v) is 7.16. The summed E-state index contributed by atoms with van der Waals surface area (Å²) < 4.78 is 43.0. The summed E-state index contributed by atoms with van der Waals surface area (Å²) >= 11 is 0. The van der Waals surface area contributed by atoms with Crippen molar-refractivity contribution >= 4 is 5.57 Å². The minimum absolute atomic E-state index is 0.161. The normalized spacial score (nSPS) is 11.4. The average molecular weight is 315 g/mol. The van der Waals surface area contributed by atoms with Crippen LogP contribution in [-0.4, -0.2) is 13.7 Å². The molecule has 0 saturated heterocycles. The van der Waals surface area contributed by atoms with E-state index >= 15 is 0 Å². The van der Waals surface area contributed by atoms with E-state index in [9.17, 15) is 13.2 Å². The first-order valence-electron chi connectivity index (χ1n) is 7.16.